The minimum Gasteiger partial charge on any atom is -0.491 e. The maximum Gasteiger partial charge on any atom is 0.244 e. The van der Waals surface area contributed by atoms with Gasteiger partial charge in [-0.15, -0.1) is 0 Å². The zero-order valence-corrected chi connectivity index (χ0v) is 23.6. The molecule has 0 amide bonds. The Hall–Kier alpha value is -2.13. The summed E-state index contributed by atoms with van der Waals surface area (Å²) in [5, 5.41) is 13.7. The average Bonchev–Trinajstić information content (AvgIpc) is 3.58. The molecule has 0 saturated carbocycles. The van der Waals surface area contributed by atoms with E-state index in [-0.39, 0.29) is 34.6 Å². The molecule has 1 spiro atoms. The Kier molecular flexibility index (Phi) is 8.30. The fourth-order valence-corrected chi connectivity index (χ4v) is 7.76. The summed E-state index contributed by atoms with van der Waals surface area (Å²) in [6.45, 7) is 1.55. The van der Waals surface area contributed by atoms with Crippen molar-refractivity contribution in [1.82, 2.24) is 19.3 Å². The monoisotopic (exact) mass is 580 g/mol. The van der Waals surface area contributed by atoms with Crippen molar-refractivity contribution in [1.29, 1.82) is 0 Å². The summed E-state index contributed by atoms with van der Waals surface area (Å²) in [6, 6.07) is 7.92. The second-order valence-corrected chi connectivity index (χ2v) is 14.3. The standard InChI is InChI=1S/C26H36N4O7S2/c1-27-38(32,33)23-6-3-5-22(13-23)36-18-21(31)15-28-20-14-26(37-17-20)8-10-30(11-9-26)39(34,35)24-12-19-4-2-7-25(19)29-16-24/h3,5-6,12-13,16,20-21,27-28,31H,2,4,7-11,14-15,17-18H2,1H3/t20-,21?/m1/s1. The molecule has 13 heteroatoms. The summed E-state index contributed by atoms with van der Waals surface area (Å²) < 4.78 is 66.0. The maximum atomic E-state index is 13.2. The van der Waals surface area contributed by atoms with E-state index in [0.717, 1.165) is 36.9 Å². The van der Waals surface area contributed by atoms with Crippen molar-refractivity contribution < 1.29 is 31.4 Å². The van der Waals surface area contributed by atoms with Gasteiger partial charge in [-0.05, 0) is 69.3 Å². The highest BCUT2D eigenvalue weighted by Crippen LogP contribution is 2.37. The Morgan fingerprint density at radius 1 is 1.18 bits per heavy atom. The quantitative estimate of drug-likeness (QED) is 0.372. The number of pyridine rings is 1. The number of piperidine rings is 1. The topological polar surface area (TPSA) is 147 Å². The highest BCUT2D eigenvalue weighted by Gasteiger charge is 2.44. The zero-order chi connectivity index (χ0) is 27.7. The summed E-state index contributed by atoms with van der Waals surface area (Å²) in [6.07, 6.45) is 5.46. The predicted molar refractivity (Wildman–Crippen MR) is 144 cm³/mol. The van der Waals surface area contributed by atoms with Gasteiger partial charge in [-0.3, -0.25) is 4.98 Å². The van der Waals surface area contributed by atoms with Gasteiger partial charge in [0, 0.05) is 43.6 Å². The summed E-state index contributed by atoms with van der Waals surface area (Å²) in [4.78, 5) is 4.75. The van der Waals surface area contributed by atoms with Crippen LogP contribution in [0.5, 0.6) is 5.75 Å². The van der Waals surface area contributed by atoms with Crippen LogP contribution in [0.3, 0.4) is 0 Å². The number of aliphatic hydroxyl groups excluding tert-OH is 1. The van der Waals surface area contributed by atoms with Crippen LogP contribution in [0.2, 0.25) is 0 Å². The first-order valence-electron chi connectivity index (χ1n) is 13.3. The number of hydrogen-bond acceptors (Lipinski definition) is 9. The molecule has 0 radical (unpaired) electrons. The molecule has 1 aromatic carbocycles. The lowest BCUT2D eigenvalue weighted by atomic mass is 9.88. The van der Waals surface area contributed by atoms with Crippen molar-refractivity contribution >= 4 is 20.0 Å². The fourth-order valence-electron chi connectivity index (χ4n) is 5.56. The van der Waals surface area contributed by atoms with Crippen LogP contribution >= 0.6 is 0 Å². The van der Waals surface area contributed by atoms with Crippen LogP contribution in [-0.2, 0) is 37.6 Å². The normalized spacial score (nSPS) is 22.2. The van der Waals surface area contributed by atoms with E-state index < -0.39 is 26.2 Å². The van der Waals surface area contributed by atoms with E-state index in [1.54, 1.807) is 22.5 Å². The first-order chi connectivity index (χ1) is 18.6. The number of aryl methyl sites for hydroxylation is 2. The van der Waals surface area contributed by atoms with Crippen LogP contribution in [0, 0.1) is 0 Å². The summed E-state index contributed by atoms with van der Waals surface area (Å²) >= 11 is 0. The van der Waals surface area contributed by atoms with Crippen molar-refractivity contribution in [3.8, 4) is 5.75 Å². The van der Waals surface area contributed by atoms with Gasteiger partial charge < -0.3 is 19.9 Å². The number of benzene rings is 1. The summed E-state index contributed by atoms with van der Waals surface area (Å²) in [7, 11) is -5.83. The van der Waals surface area contributed by atoms with Crippen molar-refractivity contribution in [2.75, 3.05) is 39.9 Å². The van der Waals surface area contributed by atoms with Crippen LogP contribution in [0.1, 0.15) is 36.9 Å². The number of fused-ring (bicyclic) bond motifs is 1. The lowest BCUT2D eigenvalue weighted by molar-refractivity contribution is -0.0312. The first kappa shape index (κ1) is 28.4. The van der Waals surface area contributed by atoms with Gasteiger partial charge in [0.1, 0.15) is 23.4 Å². The van der Waals surface area contributed by atoms with Crippen molar-refractivity contribution in [2.24, 2.45) is 0 Å². The number of nitrogens with one attached hydrogen (secondary N) is 2. The minimum absolute atomic E-state index is 0.000848. The van der Waals surface area contributed by atoms with Gasteiger partial charge in [0.05, 0.1) is 17.1 Å². The molecule has 2 aromatic rings. The summed E-state index contributed by atoms with van der Waals surface area (Å²) in [5.74, 6) is 0.353. The molecule has 3 N–H and O–H groups in total. The van der Waals surface area contributed by atoms with Gasteiger partial charge in [-0.1, -0.05) is 6.07 Å². The molecule has 2 saturated heterocycles. The molecule has 2 fully saturated rings. The molecule has 3 heterocycles. The molecule has 2 atom stereocenters. The Morgan fingerprint density at radius 3 is 2.74 bits per heavy atom. The van der Waals surface area contributed by atoms with E-state index in [9.17, 15) is 21.9 Å². The second kappa shape index (κ2) is 11.4. The Bertz CT molecular complexity index is 1390. The molecule has 1 unspecified atom stereocenters. The zero-order valence-electron chi connectivity index (χ0n) is 22.0. The predicted octanol–water partition coefficient (Wildman–Crippen LogP) is 0.820. The van der Waals surface area contributed by atoms with Crippen molar-refractivity contribution in [3.63, 3.8) is 0 Å². The smallest absolute Gasteiger partial charge is 0.244 e. The molecule has 1 aromatic heterocycles. The number of aliphatic hydroxyl groups is 1. The van der Waals surface area contributed by atoms with Crippen LogP contribution in [0.15, 0.2) is 46.3 Å². The van der Waals surface area contributed by atoms with Gasteiger partial charge in [0.15, 0.2) is 0 Å². The van der Waals surface area contributed by atoms with Crippen LogP contribution < -0.4 is 14.8 Å². The van der Waals surface area contributed by atoms with Gasteiger partial charge >= 0.3 is 0 Å². The summed E-state index contributed by atoms with van der Waals surface area (Å²) in [5.41, 5.74) is 1.68. The van der Waals surface area contributed by atoms with Gasteiger partial charge in [-0.25, -0.2) is 21.6 Å². The number of nitrogens with zero attached hydrogens (tertiary/aromatic N) is 2. The third-order valence-corrected chi connectivity index (χ3v) is 11.1. The molecule has 3 aliphatic rings. The maximum absolute atomic E-state index is 13.2. The molecule has 0 bridgehead atoms. The number of ether oxygens (including phenoxy) is 2. The Labute approximate surface area is 230 Å². The van der Waals surface area contributed by atoms with E-state index in [2.05, 4.69) is 15.0 Å². The van der Waals surface area contributed by atoms with E-state index in [1.807, 2.05) is 0 Å². The molecule has 214 valence electrons. The molecule has 5 rings (SSSR count). The Balaban J connectivity index is 1.08. The number of hydrogen-bond donors (Lipinski definition) is 3. The highest BCUT2D eigenvalue weighted by molar-refractivity contribution is 7.89. The first-order valence-corrected chi connectivity index (χ1v) is 16.2. The average molecular weight is 581 g/mol. The number of aromatic nitrogens is 1. The van der Waals surface area contributed by atoms with Crippen molar-refractivity contribution in [2.45, 2.75) is 66.1 Å². The molecular formula is C26H36N4O7S2. The van der Waals surface area contributed by atoms with Gasteiger partial charge in [0.2, 0.25) is 20.0 Å². The minimum atomic E-state index is -3.59. The van der Waals surface area contributed by atoms with Crippen LogP contribution in [0.25, 0.3) is 0 Å². The number of rotatable bonds is 10. The SMILES string of the molecule is CNS(=O)(=O)c1cccc(OCC(O)CN[C@H]2COC3(CCN(S(=O)(=O)c4cnc5c(c4)CCC5)CC3)C2)c1. The van der Waals surface area contributed by atoms with Gasteiger partial charge in [0.25, 0.3) is 0 Å². The van der Waals surface area contributed by atoms with E-state index in [4.69, 9.17) is 9.47 Å². The lowest BCUT2D eigenvalue weighted by Gasteiger charge is -2.38. The van der Waals surface area contributed by atoms with E-state index >= 15 is 0 Å². The molecule has 11 nitrogen and oxygen atoms in total. The van der Waals surface area contributed by atoms with E-state index in [1.165, 1.54) is 25.4 Å². The van der Waals surface area contributed by atoms with Crippen LogP contribution in [0.4, 0.5) is 0 Å². The Morgan fingerprint density at radius 2 is 1.97 bits per heavy atom. The largest absolute Gasteiger partial charge is 0.491 e. The third kappa shape index (κ3) is 6.29. The second-order valence-electron chi connectivity index (χ2n) is 10.5. The fraction of sp³-hybridized carbons (Fsp3) is 0.577. The van der Waals surface area contributed by atoms with Crippen molar-refractivity contribution in [3.05, 3.63) is 47.8 Å². The molecular weight excluding hydrogens is 544 g/mol. The molecule has 2 aliphatic heterocycles. The van der Waals surface area contributed by atoms with Gasteiger partial charge in [-0.2, -0.15) is 4.31 Å². The molecule has 1 aliphatic carbocycles. The number of sulfonamides is 2. The van der Waals surface area contributed by atoms with Crippen LogP contribution in [-0.4, -0.2) is 88.9 Å². The lowest BCUT2D eigenvalue weighted by Crippen LogP contribution is -2.47. The highest BCUT2D eigenvalue weighted by atomic mass is 32.2. The third-order valence-electron chi connectivity index (χ3n) is 7.84. The molecule has 39 heavy (non-hydrogen) atoms. The van der Waals surface area contributed by atoms with E-state index in [0.29, 0.717) is 38.3 Å².